The lowest BCUT2D eigenvalue weighted by molar-refractivity contribution is -0.155. The second-order valence-electron chi connectivity index (χ2n) is 5.55. The third-order valence-electron chi connectivity index (χ3n) is 2.49. The molecule has 0 spiro atoms. The molecule has 0 bridgehead atoms. The van der Waals surface area contributed by atoms with Crippen molar-refractivity contribution in [1.29, 1.82) is 0 Å². The van der Waals surface area contributed by atoms with Crippen molar-refractivity contribution in [2.45, 2.75) is 46.3 Å². The minimum absolute atomic E-state index is 0.244. The van der Waals surface area contributed by atoms with E-state index in [1.54, 1.807) is 4.68 Å². The molecular weight excluding hydrogens is 258 g/mol. The van der Waals surface area contributed by atoms with Crippen LogP contribution in [0, 0.1) is 6.92 Å². The van der Waals surface area contributed by atoms with Gasteiger partial charge in [-0.15, -0.1) is 0 Å². The number of carbonyl (C=O) groups is 1. The normalized spacial score (nSPS) is 11.6. The van der Waals surface area contributed by atoms with Gasteiger partial charge in [-0.25, -0.2) is 4.98 Å². The molecule has 2 aromatic heterocycles. The number of aromatic amines is 1. The minimum Gasteiger partial charge on any atom is -0.460 e. The van der Waals surface area contributed by atoms with Crippen LogP contribution in [0.25, 0.3) is 11.5 Å². The molecule has 7 heteroatoms. The van der Waals surface area contributed by atoms with Gasteiger partial charge in [0.2, 0.25) is 0 Å². The highest BCUT2D eigenvalue weighted by atomic mass is 16.6. The van der Waals surface area contributed by atoms with E-state index < -0.39 is 5.60 Å². The van der Waals surface area contributed by atoms with E-state index in [2.05, 4.69) is 20.3 Å². The van der Waals surface area contributed by atoms with Gasteiger partial charge in [-0.1, -0.05) is 0 Å². The number of nitrogens with one attached hydrogen (secondary N) is 1. The molecule has 0 aliphatic rings. The number of nitrogens with zero attached hydrogens (tertiary/aromatic N) is 4. The molecule has 2 aromatic rings. The van der Waals surface area contributed by atoms with E-state index in [0.29, 0.717) is 12.4 Å². The Morgan fingerprint density at radius 3 is 2.80 bits per heavy atom. The summed E-state index contributed by atoms with van der Waals surface area (Å²) >= 11 is 0. The number of esters is 1. The molecule has 0 aliphatic carbocycles. The van der Waals surface area contributed by atoms with Gasteiger partial charge in [0.1, 0.15) is 17.6 Å². The maximum atomic E-state index is 11.7. The first-order chi connectivity index (χ1) is 9.35. The Labute approximate surface area is 117 Å². The van der Waals surface area contributed by atoms with Crippen molar-refractivity contribution < 1.29 is 9.53 Å². The van der Waals surface area contributed by atoms with Crippen LogP contribution < -0.4 is 0 Å². The summed E-state index contributed by atoms with van der Waals surface area (Å²) in [7, 11) is 0. The smallest absolute Gasteiger partial charge is 0.308 e. The molecule has 1 N–H and O–H groups in total. The van der Waals surface area contributed by atoms with Crippen LogP contribution in [0.5, 0.6) is 0 Å². The van der Waals surface area contributed by atoms with E-state index in [9.17, 15) is 4.79 Å². The molecule has 0 aliphatic heterocycles. The van der Waals surface area contributed by atoms with Crippen LogP contribution in [0.15, 0.2) is 12.4 Å². The molecule has 20 heavy (non-hydrogen) atoms. The van der Waals surface area contributed by atoms with Crippen molar-refractivity contribution in [2.24, 2.45) is 0 Å². The Kier molecular flexibility index (Phi) is 3.87. The topological polar surface area (TPSA) is 85.7 Å². The van der Waals surface area contributed by atoms with Crippen molar-refractivity contribution in [3.05, 3.63) is 18.1 Å². The van der Waals surface area contributed by atoms with Crippen LogP contribution >= 0.6 is 0 Å². The van der Waals surface area contributed by atoms with Crippen LogP contribution in [-0.2, 0) is 16.1 Å². The van der Waals surface area contributed by atoms with Crippen molar-refractivity contribution >= 4 is 5.97 Å². The van der Waals surface area contributed by atoms with Crippen molar-refractivity contribution in [1.82, 2.24) is 25.0 Å². The van der Waals surface area contributed by atoms with Gasteiger partial charge in [0.05, 0.1) is 18.7 Å². The number of ether oxygens (including phenoxy) is 1. The van der Waals surface area contributed by atoms with Gasteiger partial charge >= 0.3 is 5.97 Å². The van der Waals surface area contributed by atoms with Gasteiger partial charge in [0, 0.05) is 0 Å². The zero-order chi connectivity index (χ0) is 14.8. The Bertz CT molecular complexity index is 580. The average molecular weight is 277 g/mol. The molecule has 0 unspecified atom stereocenters. The van der Waals surface area contributed by atoms with Crippen LogP contribution in [-0.4, -0.2) is 36.5 Å². The summed E-state index contributed by atoms with van der Waals surface area (Å²) < 4.78 is 7.00. The summed E-state index contributed by atoms with van der Waals surface area (Å²) in [5.41, 5.74) is 1.17. The van der Waals surface area contributed by atoms with Gasteiger partial charge in [-0.05, 0) is 33.8 Å². The monoisotopic (exact) mass is 277 g/mol. The quantitative estimate of drug-likeness (QED) is 0.860. The zero-order valence-electron chi connectivity index (χ0n) is 12.2. The summed E-state index contributed by atoms with van der Waals surface area (Å²) in [6.45, 7) is 7.87. The molecular formula is C13H19N5O2. The Morgan fingerprint density at radius 1 is 1.45 bits per heavy atom. The fraction of sp³-hybridized carbons (Fsp3) is 0.538. The highest BCUT2D eigenvalue weighted by Crippen LogP contribution is 2.16. The second-order valence-corrected chi connectivity index (χ2v) is 5.55. The predicted molar refractivity (Wildman–Crippen MR) is 72.8 cm³/mol. The van der Waals surface area contributed by atoms with E-state index in [1.165, 1.54) is 6.33 Å². The number of hydrogen-bond acceptors (Lipinski definition) is 5. The Morgan fingerprint density at radius 2 is 2.20 bits per heavy atom. The molecule has 0 radical (unpaired) electrons. The molecule has 0 amide bonds. The van der Waals surface area contributed by atoms with Gasteiger partial charge in [-0.2, -0.15) is 10.2 Å². The van der Waals surface area contributed by atoms with E-state index in [-0.39, 0.29) is 12.4 Å². The second kappa shape index (κ2) is 5.44. The lowest BCUT2D eigenvalue weighted by Gasteiger charge is -2.19. The highest BCUT2D eigenvalue weighted by Gasteiger charge is 2.17. The number of rotatable bonds is 4. The standard InChI is InChI=1S/C13H19N5O2/c1-9-7-10(12-14-8-15-16-12)18(17-9)6-5-11(19)20-13(2,3)4/h7-8H,5-6H2,1-4H3,(H,14,15,16). The molecule has 0 aromatic carbocycles. The Balaban J connectivity index is 2.05. The summed E-state index contributed by atoms with van der Waals surface area (Å²) in [5.74, 6) is 0.321. The van der Waals surface area contributed by atoms with Crippen LogP contribution in [0.1, 0.15) is 32.9 Å². The number of aryl methyl sites for hydroxylation is 2. The fourth-order valence-electron chi connectivity index (χ4n) is 1.82. The number of carbonyl (C=O) groups excluding carboxylic acids is 1. The van der Waals surface area contributed by atoms with Gasteiger partial charge < -0.3 is 4.74 Å². The van der Waals surface area contributed by atoms with Crippen LogP contribution in [0.4, 0.5) is 0 Å². The summed E-state index contributed by atoms with van der Waals surface area (Å²) in [4.78, 5) is 15.8. The molecule has 108 valence electrons. The maximum absolute atomic E-state index is 11.7. The van der Waals surface area contributed by atoms with Gasteiger partial charge in [0.15, 0.2) is 5.82 Å². The van der Waals surface area contributed by atoms with Crippen molar-refractivity contribution in [3.8, 4) is 11.5 Å². The van der Waals surface area contributed by atoms with Gasteiger partial charge in [0.25, 0.3) is 0 Å². The number of aromatic nitrogens is 5. The number of hydrogen-bond donors (Lipinski definition) is 1. The maximum Gasteiger partial charge on any atom is 0.308 e. The lowest BCUT2D eigenvalue weighted by Crippen LogP contribution is -2.24. The average Bonchev–Trinajstić information content (AvgIpc) is 2.92. The van der Waals surface area contributed by atoms with Crippen LogP contribution in [0.3, 0.4) is 0 Å². The fourth-order valence-corrected chi connectivity index (χ4v) is 1.82. The minimum atomic E-state index is -0.469. The first-order valence-corrected chi connectivity index (χ1v) is 6.47. The van der Waals surface area contributed by atoms with Gasteiger partial charge in [-0.3, -0.25) is 14.6 Å². The largest absolute Gasteiger partial charge is 0.460 e. The molecule has 0 atom stereocenters. The molecule has 7 nitrogen and oxygen atoms in total. The zero-order valence-corrected chi connectivity index (χ0v) is 12.2. The number of H-pyrrole nitrogens is 1. The van der Waals surface area contributed by atoms with Crippen molar-refractivity contribution in [3.63, 3.8) is 0 Å². The summed E-state index contributed by atoms with van der Waals surface area (Å²) in [5, 5.41) is 11.1. The first kappa shape index (κ1) is 14.2. The Hall–Kier alpha value is -2.18. The molecule has 0 fully saturated rings. The summed E-state index contributed by atoms with van der Waals surface area (Å²) in [6, 6.07) is 1.89. The lowest BCUT2D eigenvalue weighted by atomic mass is 10.2. The SMILES string of the molecule is Cc1cc(-c2nc[nH]n2)n(CCC(=O)OC(C)(C)C)n1. The van der Waals surface area contributed by atoms with E-state index >= 15 is 0 Å². The molecule has 0 saturated carbocycles. The predicted octanol–water partition coefficient (Wildman–Crippen LogP) is 1.71. The van der Waals surface area contributed by atoms with E-state index in [4.69, 9.17) is 4.74 Å². The van der Waals surface area contributed by atoms with Crippen LogP contribution in [0.2, 0.25) is 0 Å². The van der Waals surface area contributed by atoms with E-state index in [1.807, 2.05) is 33.8 Å². The van der Waals surface area contributed by atoms with Crippen molar-refractivity contribution in [2.75, 3.05) is 0 Å². The third-order valence-corrected chi connectivity index (χ3v) is 2.49. The first-order valence-electron chi connectivity index (χ1n) is 6.47. The van der Waals surface area contributed by atoms with E-state index in [0.717, 1.165) is 11.4 Å². The third kappa shape index (κ3) is 3.66. The molecule has 2 heterocycles. The molecule has 0 saturated heterocycles. The molecule has 2 rings (SSSR count). The summed E-state index contributed by atoms with van der Waals surface area (Å²) in [6.07, 6.45) is 1.77. The highest BCUT2D eigenvalue weighted by molar-refractivity contribution is 5.69.